The lowest BCUT2D eigenvalue weighted by atomic mass is 9.76. The van der Waals surface area contributed by atoms with Gasteiger partial charge < -0.3 is 4.90 Å². The molecule has 0 N–H and O–H groups in total. The van der Waals surface area contributed by atoms with Gasteiger partial charge in [-0.15, -0.1) is 0 Å². The van der Waals surface area contributed by atoms with Gasteiger partial charge in [-0.3, -0.25) is 4.99 Å². The summed E-state index contributed by atoms with van der Waals surface area (Å²) in [5, 5.41) is 0. The average Bonchev–Trinajstić information content (AvgIpc) is 2.60. The highest BCUT2D eigenvalue weighted by molar-refractivity contribution is 6.11. The summed E-state index contributed by atoms with van der Waals surface area (Å²) in [5.74, 6) is 1.57. The van der Waals surface area contributed by atoms with Crippen molar-refractivity contribution in [3.8, 4) is 0 Å². The summed E-state index contributed by atoms with van der Waals surface area (Å²) in [6.45, 7) is 6.72. The van der Waals surface area contributed by atoms with Crippen LogP contribution >= 0.6 is 0 Å². The van der Waals surface area contributed by atoms with Crippen molar-refractivity contribution in [3.05, 3.63) is 0 Å². The van der Waals surface area contributed by atoms with Gasteiger partial charge in [-0.1, -0.05) is 37.9 Å². The molecule has 0 aromatic heterocycles. The second-order valence-corrected chi connectivity index (χ2v) is 6.30. The molecule has 2 nitrogen and oxygen atoms in total. The summed E-state index contributed by atoms with van der Waals surface area (Å²) < 4.78 is 0. The maximum Gasteiger partial charge on any atom is 0.0967 e. The van der Waals surface area contributed by atoms with E-state index in [0.29, 0.717) is 23.9 Å². The van der Waals surface area contributed by atoms with Crippen LogP contribution in [0, 0.1) is 0 Å². The minimum Gasteiger partial charge on any atom is -0.353 e. The molecule has 0 bridgehead atoms. The molecule has 0 spiro atoms. The van der Waals surface area contributed by atoms with Gasteiger partial charge in [0.1, 0.15) is 0 Å². The van der Waals surface area contributed by atoms with E-state index < -0.39 is 0 Å². The fourth-order valence-corrected chi connectivity index (χ4v) is 3.66. The topological polar surface area (TPSA) is 15.6 Å². The van der Waals surface area contributed by atoms with Gasteiger partial charge in [0.15, 0.2) is 0 Å². The van der Waals surface area contributed by atoms with Crippen LogP contribution in [0.5, 0.6) is 0 Å². The van der Waals surface area contributed by atoms with Crippen LogP contribution in [0.15, 0.2) is 4.99 Å². The van der Waals surface area contributed by atoms with Crippen LogP contribution in [0.1, 0.15) is 65.7 Å². The fraction of sp³-hybridized carbons (Fsp3) is 0.933. The predicted molar refractivity (Wildman–Crippen MR) is 79.5 cm³/mol. The van der Waals surface area contributed by atoms with Gasteiger partial charge in [0.2, 0.25) is 0 Å². The Morgan fingerprint density at radius 1 is 1.17 bits per heavy atom. The molecular formula is C15H27BN2. The maximum absolute atomic E-state index is 6.26. The third kappa shape index (κ3) is 3.10. The van der Waals surface area contributed by atoms with Gasteiger partial charge in [0, 0.05) is 6.04 Å². The minimum absolute atomic E-state index is 0.347. The third-order valence-electron chi connectivity index (χ3n) is 4.45. The van der Waals surface area contributed by atoms with Crippen molar-refractivity contribution >= 4 is 13.7 Å². The first-order chi connectivity index (χ1) is 8.59. The summed E-state index contributed by atoms with van der Waals surface area (Å²) in [6, 6.07) is 1.61. The molecule has 0 amide bonds. The Balaban J connectivity index is 2.10. The van der Waals surface area contributed by atoms with Gasteiger partial charge in [-0.05, 0) is 33.6 Å². The van der Waals surface area contributed by atoms with Crippen LogP contribution < -0.4 is 0 Å². The quantitative estimate of drug-likeness (QED) is 0.646. The molecule has 1 fully saturated rings. The molecule has 1 heterocycles. The zero-order chi connectivity index (χ0) is 13.1. The zero-order valence-electron chi connectivity index (χ0n) is 12.2. The van der Waals surface area contributed by atoms with E-state index >= 15 is 0 Å². The molecular weight excluding hydrogens is 219 g/mol. The number of rotatable bonds is 1. The summed E-state index contributed by atoms with van der Waals surface area (Å²) in [6.07, 6.45) is 8.91. The number of fused-ring (bicyclic) bond motifs is 1. The number of hydrogen-bond acceptors (Lipinski definition) is 2. The van der Waals surface area contributed by atoms with E-state index in [1.165, 1.54) is 44.4 Å². The van der Waals surface area contributed by atoms with E-state index in [2.05, 4.69) is 25.7 Å². The highest BCUT2D eigenvalue weighted by Gasteiger charge is 2.35. The SMILES string of the molecule is [B]C1CCCCCCC2C(C1)N=C(C)N2C(C)C. The van der Waals surface area contributed by atoms with Gasteiger partial charge >= 0.3 is 0 Å². The summed E-state index contributed by atoms with van der Waals surface area (Å²) in [4.78, 5) is 7.43. The molecule has 1 aliphatic carbocycles. The van der Waals surface area contributed by atoms with Gasteiger partial charge in [0.05, 0.1) is 25.8 Å². The first kappa shape index (κ1) is 14.0. The Morgan fingerprint density at radius 3 is 2.50 bits per heavy atom. The van der Waals surface area contributed by atoms with Crippen LogP contribution in [0.3, 0.4) is 0 Å². The van der Waals surface area contributed by atoms with Crippen molar-refractivity contribution in [3.63, 3.8) is 0 Å². The van der Waals surface area contributed by atoms with Gasteiger partial charge in [0.25, 0.3) is 0 Å². The Bertz CT molecular complexity index is 301. The lowest BCUT2D eigenvalue weighted by molar-refractivity contribution is 0.229. The molecule has 2 aliphatic rings. The van der Waals surface area contributed by atoms with Crippen molar-refractivity contribution < 1.29 is 0 Å². The highest BCUT2D eigenvalue weighted by Crippen LogP contribution is 2.32. The lowest BCUT2D eigenvalue weighted by Crippen LogP contribution is -2.43. The van der Waals surface area contributed by atoms with E-state index in [0.717, 1.165) is 6.42 Å². The molecule has 1 aliphatic heterocycles. The standard InChI is InChI=1S/C15H27BN2/c1-11(2)18-12(3)17-14-10-13(16)8-6-4-5-7-9-15(14)18/h11,13-15H,4-10H2,1-3H3. The van der Waals surface area contributed by atoms with Crippen molar-refractivity contribution in [1.29, 1.82) is 0 Å². The van der Waals surface area contributed by atoms with Crippen LogP contribution in [-0.4, -0.2) is 36.7 Å². The molecule has 0 aromatic rings. The minimum atomic E-state index is 0.347. The largest absolute Gasteiger partial charge is 0.353 e. The Hall–Kier alpha value is -0.465. The van der Waals surface area contributed by atoms with Crippen LogP contribution in [-0.2, 0) is 0 Å². The molecule has 3 atom stereocenters. The Morgan fingerprint density at radius 2 is 1.83 bits per heavy atom. The summed E-state index contributed by atoms with van der Waals surface area (Å²) in [5.41, 5.74) is 0. The Kier molecular flexibility index (Phi) is 4.74. The van der Waals surface area contributed by atoms with Crippen molar-refractivity contribution in [2.75, 3.05) is 0 Å². The zero-order valence-corrected chi connectivity index (χ0v) is 12.2. The second-order valence-electron chi connectivity index (χ2n) is 6.30. The molecule has 0 aromatic carbocycles. The van der Waals surface area contributed by atoms with Gasteiger partial charge in [-0.25, -0.2) is 0 Å². The smallest absolute Gasteiger partial charge is 0.0967 e. The molecule has 3 heteroatoms. The number of hydrogen-bond donors (Lipinski definition) is 0. The first-order valence-electron chi connectivity index (χ1n) is 7.68. The van der Waals surface area contributed by atoms with Crippen molar-refractivity contribution in [2.45, 2.75) is 89.7 Å². The van der Waals surface area contributed by atoms with E-state index in [9.17, 15) is 0 Å². The van der Waals surface area contributed by atoms with Crippen molar-refractivity contribution in [2.24, 2.45) is 4.99 Å². The molecule has 2 radical (unpaired) electrons. The van der Waals surface area contributed by atoms with E-state index in [1.54, 1.807) is 0 Å². The predicted octanol–water partition coefficient (Wildman–Crippen LogP) is 3.57. The lowest BCUT2D eigenvalue weighted by Gasteiger charge is -2.34. The average molecular weight is 246 g/mol. The van der Waals surface area contributed by atoms with Crippen molar-refractivity contribution in [1.82, 2.24) is 4.90 Å². The third-order valence-corrected chi connectivity index (χ3v) is 4.45. The summed E-state index contributed by atoms with van der Waals surface area (Å²) in [7, 11) is 6.26. The van der Waals surface area contributed by atoms with E-state index in [-0.39, 0.29) is 0 Å². The monoisotopic (exact) mass is 246 g/mol. The van der Waals surface area contributed by atoms with Gasteiger partial charge in [-0.2, -0.15) is 0 Å². The molecule has 2 rings (SSSR count). The number of nitrogens with zero attached hydrogens (tertiary/aromatic N) is 2. The fourth-order valence-electron chi connectivity index (χ4n) is 3.66. The highest BCUT2D eigenvalue weighted by atomic mass is 15.3. The Labute approximate surface area is 114 Å². The summed E-state index contributed by atoms with van der Waals surface area (Å²) >= 11 is 0. The first-order valence-corrected chi connectivity index (χ1v) is 7.68. The van der Waals surface area contributed by atoms with Crippen LogP contribution in [0.4, 0.5) is 0 Å². The second kappa shape index (κ2) is 6.12. The van der Waals surface area contributed by atoms with Crippen LogP contribution in [0.2, 0.25) is 5.82 Å². The van der Waals surface area contributed by atoms with Crippen LogP contribution in [0.25, 0.3) is 0 Å². The molecule has 18 heavy (non-hydrogen) atoms. The maximum atomic E-state index is 6.26. The molecule has 3 unspecified atom stereocenters. The normalized spacial score (nSPS) is 34.3. The molecule has 100 valence electrons. The van der Waals surface area contributed by atoms with E-state index in [4.69, 9.17) is 12.8 Å². The number of amidine groups is 1. The number of aliphatic imine (C=N–C) groups is 1. The van der Waals surface area contributed by atoms with E-state index in [1.807, 2.05) is 0 Å². The molecule has 0 saturated heterocycles. The molecule has 1 saturated carbocycles.